The van der Waals surface area contributed by atoms with Crippen LogP contribution in [0.15, 0.2) is 66.7 Å². The van der Waals surface area contributed by atoms with Gasteiger partial charge in [-0.15, -0.1) is 0 Å². The van der Waals surface area contributed by atoms with Crippen LogP contribution in [0.2, 0.25) is 0 Å². The average Bonchev–Trinajstić information content (AvgIpc) is 3.74. The van der Waals surface area contributed by atoms with Crippen LogP contribution in [0.1, 0.15) is 149 Å². The van der Waals surface area contributed by atoms with Gasteiger partial charge in [0, 0.05) is 22.5 Å². The van der Waals surface area contributed by atoms with Gasteiger partial charge in [-0.05, 0) is 179 Å². The maximum Gasteiger partial charge on any atom is 0.248 e. The molecule has 0 aromatic heterocycles. The zero-order valence-electron chi connectivity index (χ0n) is 40.1. The molecule has 4 atom stereocenters. The summed E-state index contributed by atoms with van der Waals surface area (Å²) in [6.45, 7) is 29.9. The van der Waals surface area contributed by atoms with E-state index >= 15 is 0 Å². The molecule has 0 N–H and O–H groups in total. The van der Waals surface area contributed by atoms with Crippen molar-refractivity contribution in [3.05, 3.63) is 100 Å². The summed E-state index contributed by atoms with van der Waals surface area (Å²) in [6, 6.07) is 29.1. The summed E-state index contributed by atoms with van der Waals surface area (Å²) in [5.74, 6) is 7.16. The first-order valence-electron chi connectivity index (χ1n) is 25.4. The number of benzene rings is 5. The first-order valence-corrected chi connectivity index (χ1v) is 25.4. The van der Waals surface area contributed by atoms with E-state index in [0.29, 0.717) is 0 Å². The Kier molecular flexibility index (Phi) is 6.41. The molecule has 3 heteroatoms. The molecule has 1 nitrogen and oxygen atoms in total. The lowest BCUT2D eigenvalue weighted by Crippen LogP contribution is -2.72. The van der Waals surface area contributed by atoms with E-state index in [2.05, 4.69) is 155 Å². The molecule has 5 aromatic rings. The van der Waals surface area contributed by atoms with Gasteiger partial charge in [0.1, 0.15) is 0 Å². The predicted octanol–water partition coefficient (Wildman–Crippen LogP) is 10.5. The Bertz CT molecular complexity index is 2820. The second kappa shape index (κ2) is 10.8. The third-order valence-corrected chi connectivity index (χ3v) is 20.4. The van der Waals surface area contributed by atoms with Crippen LogP contribution >= 0.6 is 0 Å². The Morgan fingerprint density at radius 2 is 0.921 bits per heavy atom. The van der Waals surface area contributed by atoms with E-state index in [-0.39, 0.29) is 40.5 Å². The Morgan fingerprint density at radius 1 is 0.476 bits per heavy atom. The van der Waals surface area contributed by atoms with Gasteiger partial charge < -0.3 is 4.90 Å². The summed E-state index contributed by atoms with van der Waals surface area (Å²) < 4.78 is 0. The van der Waals surface area contributed by atoms with Crippen molar-refractivity contribution < 1.29 is 0 Å². The fourth-order valence-electron chi connectivity index (χ4n) is 18.4. The van der Waals surface area contributed by atoms with Crippen molar-refractivity contribution in [1.82, 2.24) is 0 Å². The Labute approximate surface area is 378 Å². The minimum atomic E-state index is 0.0144. The highest BCUT2D eigenvalue weighted by molar-refractivity contribution is 7.05. The van der Waals surface area contributed by atoms with Crippen molar-refractivity contribution in [2.24, 2.45) is 47.3 Å². The molecule has 5 aliphatic heterocycles. The molecule has 5 heterocycles. The monoisotopic (exact) mass is 822 g/mol. The quantitative estimate of drug-likeness (QED) is 0.138. The fourth-order valence-corrected chi connectivity index (χ4v) is 18.4. The van der Waals surface area contributed by atoms with Gasteiger partial charge in [-0.25, -0.2) is 0 Å². The molecule has 316 valence electrons. The summed E-state index contributed by atoms with van der Waals surface area (Å²) in [7, 11) is 0. The van der Waals surface area contributed by atoms with Crippen molar-refractivity contribution in [2.45, 2.75) is 142 Å². The van der Waals surface area contributed by atoms with E-state index < -0.39 is 0 Å². The lowest BCUT2D eigenvalue weighted by molar-refractivity contribution is -0.232. The van der Waals surface area contributed by atoms with Crippen LogP contribution in [0.4, 0.5) is 17.1 Å². The lowest BCUT2D eigenvalue weighted by Gasteiger charge is -2.76. The van der Waals surface area contributed by atoms with Crippen molar-refractivity contribution in [1.29, 1.82) is 0 Å². The predicted molar refractivity (Wildman–Crippen MR) is 268 cm³/mol. The molecule has 7 fully saturated rings. The van der Waals surface area contributed by atoms with Crippen LogP contribution in [0.3, 0.4) is 0 Å². The molecule has 8 bridgehead atoms. The summed E-state index contributed by atoms with van der Waals surface area (Å²) >= 11 is 0. The second-order valence-corrected chi connectivity index (χ2v) is 27.3. The number of fused-ring (bicyclic) bond motifs is 8. The van der Waals surface area contributed by atoms with E-state index in [0.717, 1.165) is 47.3 Å². The highest BCUT2D eigenvalue weighted by Crippen LogP contribution is 2.79. The molecule has 12 aliphatic rings. The second-order valence-electron chi connectivity index (χ2n) is 27.3. The molecule has 5 aromatic carbocycles. The maximum absolute atomic E-state index is 2.98. The molecule has 4 unspecified atom stereocenters. The first-order chi connectivity index (χ1) is 29.8. The Morgan fingerprint density at radius 3 is 1.37 bits per heavy atom. The zero-order chi connectivity index (χ0) is 43.1. The third kappa shape index (κ3) is 4.05. The van der Waals surface area contributed by atoms with Crippen LogP contribution in [-0.2, 0) is 27.1 Å². The minimum Gasteiger partial charge on any atom is -0.312 e. The van der Waals surface area contributed by atoms with Gasteiger partial charge >= 0.3 is 0 Å². The van der Waals surface area contributed by atoms with E-state index in [4.69, 9.17) is 0 Å². The Hall–Kier alpha value is -3.97. The van der Waals surface area contributed by atoms with Gasteiger partial charge in [-0.1, -0.05) is 161 Å². The highest BCUT2D eigenvalue weighted by Gasteiger charge is 2.74. The number of rotatable bonds is 0. The van der Waals surface area contributed by atoms with E-state index in [1.54, 1.807) is 72.8 Å². The molecule has 1 spiro atoms. The van der Waals surface area contributed by atoms with Crippen LogP contribution in [0, 0.1) is 47.3 Å². The SMILES string of the molecule is CC(C)(C)c1cc2c(c(C(C)(C)C)c1)-c1ccc3c4c1B2c1cccc2c1N4c1c(ccc4c1B2c1cc(C(C)(C)C)cc(C(C)(C)C)c1-4)C31C2CC3C4CC5CC3C1C(C5)C4C2. The third-order valence-electron chi connectivity index (χ3n) is 20.4. The van der Waals surface area contributed by atoms with Gasteiger partial charge in [0.2, 0.25) is 13.4 Å². The zero-order valence-corrected chi connectivity index (χ0v) is 40.1. The summed E-state index contributed by atoms with van der Waals surface area (Å²) in [6.07, 6.45) is 7.46. The molecular formula is C60H65B2N. The number of hydrogen-bond acceptors (Lipinski definition) is 1. The highest BCUT2D eigenvalue weighted by atomic mass is 15.2. The average molecular weight is 822 g/mol. The summed E-state index contributed by atoms with van der Waals surface area (Å²) in [4.78, 5) is 2.98. The van der Waals surface area contributed by atoms with Crippen molar-refractivity contribution >= 4 is 63.3 Å². The van der Waals surface area contributed by atoms with E-state index in [1.807, 2.05) is 0 Å². The molecular weight excluding hydrogens is 756 g/mol. The number of nitrogens with zero attached hydrogens (tertiary/aromatic N) is 1. The molecule has 0 amide bonds. The van der Waals surface area contributed by atoms with Gasteiger partial charge in [0.25, 0.3) is 0 Å². The standard InChI is InChI=1S/C60H65B2N/c1-56(2,3)30-25-42(58(7,8)9)48-33-16-18-40-53-51(33)61(46(48)27-30)44-14-13-15-45-55(44)63(53)54-41(60(40)32-23-36-35-20-29-21-38(36)50(60)39(22-29)37(35)24-32)19-17-34-49-43(59(10,11)12)26-31(57(4,5)6)28-47(49)62(45)52(34)54/h13-19,25-29,32,35-39,50H,20-24H2,1-12H3. The Balaban J connectivity index is 1.11. The number of hydrogen-bond donors (Lipinski definition) is 0. The largest absolute Gasteiger partial charge is 0.312 e. The van der Waals surface area contributed by atoms with Crippen molar-refractivity contribution in [2.75, 3.05) is 4.90 Å². The molecule has 63 heavy (non-hydrogen) atoms. The fraction of sp³-hybridized carbons (Fsp3) is 0.500. The molecule has 17 rings (SSSR count). The molecule has 0 radical (unpaired) electrons. The van der Waals surface area contributed by atoms with Crippen LogP contribution in [-0.4, -0.2) is 13.4 Å². The minimum absolute atomic E-state index is 0.0144. The van der Waals surface area contributed by atoms with Gasteiger partial charge in [-0.3, -0.25) is 0 Å². The normalized spacial score (nSPS) is 29.3. The van der Waals surface area contributed by atoms with Crippen molar-refractivity contribution in [3.8, 4) is 22.3 Å². The van der Waals surface area contributed by atoms with Crippen molar-refractivity contribution in [3.63, 3.8) is 0 Å². The van der Waals surface area contributed by atoms with E-state index in [9.17, 15) is 0 Å². The molecule has 7 saturated carbocycles. The summed E-state index contributed by atoms with van der Waals surface area (Å²) in [5, 5.41) is 0. The van der Waals surface area contributed by atoms with Gasteiger partial charge in [0.05, 0.1) is 0 Å². The van der Waals surface area contributed by atoms with Crippen LogP contribution in [0.5, 0.6) is 0 Å². The number of anilines is 3. The number of para-hydroxylation sites is 1. The van der Waals surface area contributed by atoms with Crippen LogP contribution < -0.4 is 37.7 Å². The van der Waals surface area contributed by atoms with Gasteiger partial charge in [0.15, 0.2) is 0 Å². The smallest absolute Gasteiger partial charge is 0.248 e. The molecule has 7 aliphatic carbocycles. The van der Waals surface area contributed by atoms with Crippen LogP contribution in [0.25, 0.3) is 22.3 Å². The first kappa shape index (κ1) is 37.3. The van der Waals surface area contributed by atoms with Gasteiger partial charge in [-0.2, -0.15) is 0 Å². The van der Waals surface area contributed by atoms with E-state index in [1.165, 1.54) is 64.8 Å². The topological polar surface area (TPSA) is 3.24 Å². The molecule has 0 saturated heterocycles. The maximum atomic E-state index is 2.98. The lowest BCUT2D eigenvalue weighted by atomic mass is 9.27. The summed E-state index contributed by atoms with van der Waals surface area (Å²) in [5.41, 5.74) is 30.2.